The van der Waals surface area contributed by atoms with Crippen LogP contribution < -0.4 is 0 Å². The molecule has 0 amide bonds. The molecule has 1 unspecified atom stereocenters. The van der Waals surface area contributed by atoms with Gasteiger partial charge in [-0.05, 0) is 18.6 Å². The summed E-state index contributed by atoms with van der Waals surface area (Å²) in [6, 6.07) is 3.61. The number of halogens is 2. The van der Waals surface area contributed by atoms with Gasteiger partial charge in [0, 0.05) is 0 Å². The molecule has 0 fully saturated rings. The SMILES string of the molecule is CCC(Cl)c1cn(-c2c(Cl)ccc3nsnc23)nn1. The van der Waals surface area contributed by atoms with E-state index >= 15 is 0 Å². The topological polar surface area (TPSA) is 56.5 Å². The lowest BCUT2D eigenvalue weighted by molar-refractivity contribution is 0.788. The normalized spacial score (nSPS) is 13.0. The van der Waals surface area contributed by atoms with Gasteiger partial charge >= 0.3 is 0 Å². The third-order valence-corrected chi connectivity index (χ3v) is 4.15. The van der Waals surface area contributed by atoms with E-state index in [1.54, 1.807) is 16.9 Å². The van der Waals surface area contributed by atoms with Crippen molar-refractivity contribution >= 4 is 46.0 Å². The van der Waals surface area contributed by atoms with E-state index in [9.17, 15) is 0 Å². The van der Waals surface area contributed by atoms with Crippen LogP contribution in [-0.2, 0) is 0 Å². The monoisotopic (exact) mass is 313 g/mol. The van der Waals surface area contributed by atoms with Gasteiger partial charge in [0.25, 0.3) is 0 Å². The summed E-state index contributed by atoms with van der Waals surface area (Å²) in [5.74, 6) is 0. The quantitative estimate of drug-likeness (QED) is 0.693. The van der Waals surface area contributed by atoms with Crippen molar-refractivity contribution in [1.82, 2.24) is 23.7 Å². The van der Waals surface area contributed by atoms with Crippen LogP contribution in [0.2, 0.25) is 5.02 Å². The first kappa shape index (κ1) is 12.8. The van der Waals surface area contributed by atoms with Crippen LogP contribution >= 0.6 is 34.9 Å². The second-order valence-electron chi connectivity index (χ2n) is 3.99. The fraction of sp³-hybridized carbons (Fsp3) is 0.273. The lowest BCUT2D eigenvalue weighted by atomic mass is 10.2. The third-order valence-electron chi connectivity index (χ3n) is 2.77. The molecule has 0 aliphatic heterocycles. The van der Waals surface area contributed by atoms with Gasteiger partial charge in [-0.2, -0.15) is 8.75 Å². The zero-order chi connectivity index (χ0) is 13.4. The third kappa shape index (κ3) is 2.20. The summed E-state index contributed by atoms with van der Waals surface area (Å²) in [5.41, 5.74) is 2.92. The van der Waals surface area contributed by atoms with Gasteiger partial charge in [-0.25, -0.2) is 4.68 Å². The highest BCUT2D eigenvalue weighted by Crippen LogP contribution is 2.29. The summed E-state index contributed by atoms with van der Waals surface area (Å²) in [6.45, 7) is 1.99. The molecule has 3 rings (SSSR count). The average molecular weight is 314 g/mol. The standard InChI is InChI=1S/C11H9Cl2N5S/c1-2-6(12)9-5-18(17-14-9)11-7(13)3-4-8-10(11)16-19-15-8/h3-6H,2H2,1H3. The van der Waals surface area contributed by atoms with Crippen LogP contribution in [0.25, 0.3) is 16.7 Å². The van der Waals surface area contributed by atoms with E-state index in [4.69, 9.17) is 23.2 Å². The molecule has 0 spiro atoms. The highest BCUT2D eigenvalue weighted by molar-refractivity contribution is 7.00. The summed E-state index contributed by atoms with van der Waals surface area (Å²) in [6.07, 6.45) is 2.57. The summed E-state index contributed by atoms with van der Waals surface area (Å²) in [4.78, 5) is 0. The highest BCUT2D eigenvalue weighted by Gasteiger charge is 2.16. The van der Waals surface area contributed by atoms with Crippen molar-refractivity contribution in [2.45, 2.75) is 18.7 Å². The predicted octanol–water partition coefficient (Wildman–Crippen LogP) is 3.62. The molecule has 1 atom stereocenters. The maximum Gasteiger partial charge on any atom is 0.132 e. The Morgan fingerprint density at radius 1 is 1.37 bits per heavy atom. The largest absolute Gasteiger partial charge is 0.217 e. The van der Waals surface area contributed by atoms with Crippen LogP contribution in [0.15, 0.2) is 18.3 Å². The number of hydrogen-bond donors (Lipinski definition) is 0. The number of aromatic nitrogens is 5. The molecule has 0 saturated heterocycles. The fourth-order valence-electron chi connectivity index (χ4n) is 1.77. The summed E-state index contributed by atoms with van der Waals surface area (Å²) in [7, 11) is 0. The number of benzene rings is 1. The number of alkyl halides is 1. The summed E-state index contributed by atoms with van der Waals surface area (Å²) in [5, 5.41) is 8.56. The highest BCUT2D eigenvalue weighted by atomic mass is 35.5. The van der Waals surface area contributed by atoms with Crippen molar-refractivity contribution in [3.05, 3.63) is 29.0 Å². The lowest BCUT2D eigenvalue weighted by Crippen LogP contribution is -1.97. The molecule has 0 aliphatic rings. The van der Waals surface area contributed by atoms with Gasteiger partial charge < -0.3 is 0 Å². The zero-order valence-corrected chi connectivity index (χ0v) is 12.2. The van der Waals surface area contributed by atoms with Crippen molar-refractivity contribution in [3.63, 3.8) is 0 Å². The van der Waals surface area contributed by atoms with E-state index in [0.717, 1.165) is 34.9 Å². The minimum Gasteiger partial charge on any atom is -0.217 e. The van der Waals surface area contributed by atoms with Gasteiger partial charge in [0.1, 0.15) is 22.4 Å². The molecule has 0 saturated carbocycles. The van der Waals surface area contributed by atoms with E-state index in [1.807, 2.05) is 13.0 Å². The van der Waals surface area contributed by atoms with Crippen LogP contribution in [0.1, 0.15) is 24.4 Å². The molecular weight excluding hydrogens is 305 g/mol. The van der Waals surface area contributed by atoms with Crippen LogP contribution in [0.4, 0.5) is 0 Å². The number of fused-ring (bicyclic) bond motifs is 1. The molecule has 0 aliphatic carbocycles. The molecule has 2 heterocycles. The van der Waals surface area contributed by atoms with E-state index in [-0.39, 0.29) is 5.38 Å². The van der Waals surface area contributed by atoms with Crippen LogP contribution in [-0.4, -0.2) is 23.7 Å². The first-order valence-corrected chi connectivity index (χ1v) is 7.22. The summed E-state index contributed by atoms with van der Waals surface area (Å²) >= 11 is 13.5. The number of rotatable bonds is 3. The Hall–Kier alpha value is -1.24. The summed E-state index contributed by atoms with van der Waals surface area (Å²) < 4.78 is 10.0. The number of hydrogen-bond acceptors (Lipinski definition) is 5. The van der Waals surface area contributed by atoms with E-state index in [0.29, 0.717) is 10.7 Å². The Balaban J connectivity index is 2.16. The molecule has 8 heteroatoms. The first-order chi connectivity index (χ1) is 9.20. The van der Waals surface area contributed by atoms with Gasteiger partial charge in [-0.3, -0.25) is 0 Å². The van der Waals surface area contributed by atoms with E-state index < -0.39 is 0 Å². The van der Waals surface area contributed by atoms with Gasteiger partial charge in [-0.15, -0.1) is 16.7 Å². The van der Waals surface area contributed by atoms with E-state index in [1.165, 1.54) is 0 Å². The van der Waals surface area contributed by atoms with Gasteiger partial charge in [-0.1, -0.05) is 23.7 Å². The van der Waals surface area contributed by atoms with Crippen molar-refractivity contribution in [2.24, 2.45) is 0 Å². The van der Waals surface area contributed by atoms with E-state index in [2.05, 4.69) is 19.1 Å². The molecule has 0 bridgehead atoms. The molecule has 2 aromatic heterocycles. The second kappa shape index (κ2) is 5.03. The Morgan fingerprint density at radius 3 is 3.00 bits per heavy atom. The van der Waals surface area contributed by atoms with Crippen molar-refractivity contribution in [2.75, 3.05) is 0 Å². The molecule has 0 radical (unpaired) electrons. The minimum atomic E-state index is -0.153. The Kier molecular flexibility index (Phi) is 3.38. The molecule has 5 nitrogen and oxygen atoms in total. The fourth-order valence-corrected chi connectivity index (χ4v) is 2.65. The minimum absolute atomic E-state index is 0.153. The van der Waals surface area contributed by atoms with Crippen molar-refractivity contribution in [1.29, 1.82) is 0 Å². The maximum absolute atomic E-state index is 6.23. The van der Waals surface area contributed by atoms with Gasteiger partial charge in [0.2, 0.25) is 0 Å². The van der Waals surface area contributed by atoms with Gasteiger partial charge in [0.15, 0.2) is 0 Å². The number of nitrogens with zero attached hydrogens (tertiary/aromatic N) is 5. The molecule has 0 N–H and O–H groups in total. The molecule has 19 heavy (non-hydrogen) atoms. The van der Waals surface area contributed by atoms with Crippen LogP contribution in [0.5, 0.6) is 0 Å². The van der Waals surface area contributed by atoms with Gasteiger partial charge in [0.05, 0.1) is 28.3 Å². The lowest BCUT2D eigenvalue weighted by Gasteiger charge is -2.03. The Morgan fingerprint density at radius 2 is 2.21 bits per heavy atom. The predicted molar refractivity (Wildman–Crippen MR) is 76.2 cm³/mol. The van der Waals surface area contributed by atoms with Crippen molar-refractivity contribution < 1.29 is 0 Å². The van der Waals surface area contributed by atoms with Crippen molar-refractivity contribution in [3.8, 4) is 5.69 Å². The molecule has 1 aromatic carbocycles. The first-order valence-electron chi connectivity index (χ1n) is 5.68. The molecular formula is C11H9Cl2N5S. The second-order valence-corrected chi connectivity index (χ2v) is 5.45. The molecule has 98 valence electrons. The average Bonchev–Trinajstić information content (AvgIpc) is 3.06. The zero-order valence-electron chi connectivity index (χ0n) is 9.92. The van der Waals surface area contributed by atoms with Crippen LogP contribution in [0, 0.1) is 0 Å². The molecule has 3 aromatic rings. The van der Waals surface area contributed by atoms with Crippen LogP contribution in [0.3, 0.4) is 0 Å². The maximum atomic E-state index is 6.23. The Bertz CT molecular complexity index is 723. The smallest absolute Gasteiger partial charge is 0.132 e. The Labute approximate surface area is 123 Å².